The molecular formula is C41H32O6. The topological polar surface area (TPSA) is 71.1 Å². The number of carbonyl (C=O) groups excluding carboxylic acids is 2. The maximum Gasteiger partial charge on any atom is 0.519 e. The Hall–Kier alpha value is -6.14. The number of rotatable bonds is 8. The van der Waals surface area contributed by atoms with Crippen LogP contribution in [0, 0.1) is 0 Å². The molecule has 0 aromatic heterocycles. The van der Waals surface area contributed by atoms with Crippen molar-refractivity contribution < 1.29 is 28.5 Å². The fourth-order valence-electron chi connectivity index (χ4n) is 5.26. The minimum absolute atomic E-state index is 0.377. The van der Waals surface area contributed by atoms with E-state index in [4.69, 9.17) is 18.9 Å². The van der Waals surface area contributed by atoms with Gasteiger partial charge < -0.3 is 18.9 Å². The smallest absolute Gasteiger partial charge is 0.395 e. The van der Waals surface area contributed by atoms with Crippen LogP contribution in [0.1, 0.15) is 25.0 Å². The van der Waals surface area contributed by atoms with Crippen molar-refractivity contribution in [2.45, 2.75) is 19.3 Å². The summed E-state index contributed by atoms with van der Waals surface area (Å²) in [6, 6.07) is 48.6. The molecule has 0 N–H and O–H groups in total. The molecule has 47 heavy (non-hydrogen) atoms. The van der Waals surface area contributed by atoms with Gasteiger partial charge in [0.25, 0.3) is 0 Å². The van der Waals surface area contributed by atoms with E-state index in [0.717, 1.165) is 33.4 Å². The summed E-state index contributed by atoms with van der Waals surface area (Å²) in [4.78, 5) is 25.5. The summed E-state index contributed by atoms with van der Waals surface area (Å²) in [5, 5.41) is 0. The molecule has 0 bridgehead atoms. The summed E-state index contributed by atoms with van der Waals surface area (Å²) in [7, 11) is 0. The van der Waals surface area contributed by atoms with Gasteiger partial charge in [-0.3, -0.25) is 0 Å². The van der Waals surface area contributed by atoms with E-state index in [1.54, 1.807) is 60.7 Å². The SMILES string of the molecule is CC(C)(c1ccc(OC(=O)Oc2ccccc2)c(-c2ccccc2)c1)c1ccc(OC(=O)Oc2ccccc2)c(-c2ccccc2)c1. The molecule has 6 aromatic carbocycles. The average molecular weight is 621 g/mol. The van der Waals surface area contributed by atoms with Gasteiger partial charge in [0.1, 0.15) is 23.0 Å². The first-order valence-electron chi connectivity index (χ1n) is 15.2. The minimum Gasteiger partial charge on any atom is -0.395 e. The quantitative estimate of drug-likeness (QED) is 0.125. The Bertz CT molecular complexity index is 1830. The van der Waals surface area contributed by atoms with Gasteiger partial charge in [-0.15, -0.1) is 0 Å². The van der Waals surface area contributed by atoms with Crippen molar-refractivity contribution in [3.63, 3.8) is 0 Å². The first kappa shape index (κ1) is 30.9. The van der Waals surface area contributed by atoms with Gasteiger partial charge in [0, 0.05) is 16.5 Å². The Morgan fingerprint density at radius 1 is 0.426 bits per heavy atom. The average Bonchev–Trinajstić information content (AvgIpc) is 3.10. The van der Waals surface area contributed by atoms with Crippen LogP contribution in [0.3, 0.4) is 0 Å². The van der Waals surface area contributed by atoms with Gasteiger partial charge in [0.05, 0.1) is 0 Å². The molecule has 0 aliphatic carbocycles. The summed E-state index contributed by atoms with van der Waals surface area (Å²) in [5.74, 6) is 1.54. The molecule has 0 unspecified atom stereocenters. The van der Waals surface area contributed by atoms with Crippen molar-refractivity contribution in [3.8, 4) is 45.3 Å². The van der Waals surface area contributed by atoms with E-state index < -0.39 is 17.7 Å². The molecule has 0 saturated heterocycles. The lowest BCUT2D eigenvalue weighted by Crippen LogP contribution is -2.20. The molecule has 6 nitrogen and oxygen atoms in total. The number of carbonyl (C=O) groups is 2. The second-order valence-electron chi connectivity index (χ2n) is 11.3. The van der Waals surface area contributed by atoms with E-state index in [9.17, 15) is 9.59 Å². The lowest BCUT2D eigenvalue weighted by Gasteiger charge is -2.28. The zero-order chi connectivity index (χ0) is 32.6. The first-order chi connectivity index (χ1) is 22.9. The van der Waals surface area contributed by atoms with Gasteiger partial charge in [-0.05, 0) is 70.8 Å². The first-order valence-corrected chi connectivity index (χ1v) is 15.2. The van der Waals surface area contributed by atoms with Crippen LogP contribution < -0.4 is 18.9 Å². The van der Waals surface area contributed by atoms with Gasteiger partial charge in [-0.2, -0.15) is 0 Å². The number of benzene rings is 6. The highest BCUT2D eigenvalue weighted by atomic mass is 16.7. The van der Waals surface area contributed by atoms with E-state index in [1.165, 1.54) is 0 Å². The van der Waals surface area contributed by atoms with Crippen molar-refractivity contribution in [2.75, 3.05) is 0 Å². The van der Waals surface area contributed by atoms with E-state index >= 15 is 0 Å². The Morgan fingerprint density at radius 3 is 1.13 bits per heavy atom. The van der Waals surface area contributed by atoms with E-state index in [-0.39, 0.29) is 0 Å². The fraction of sp³-hybridized carbons (Fsp3) is 0.0732. The number of para-hydroxylation sites is 2. The molecule has 0 aliphatic rings. The third-order valence-electron chi connectivity index (χ3n) is 7.85. The van der Waals surface area contributed by atoms with Crippen molar-refractivity contribution in [3.05, 3.63) is 169 Å². The summed E-state index contributed by atoms with van der Waals surface area (Å²) < 4.78 is 22.3. The van der Waals surface area contributed by atoms with Gasteiger partial charge in [-0.1, -0.05) is 123 Å². The lowest BCUT2D eigenvalue weighted by molar-refractivity contribution is 0.151. The van der Waals surface area contributed by atoms with Crippen LogP contribution in [0.25, 0.3) is 22.3 Å². The van der Waals surface area contributed by atoms with E-state index in [0.29, 0.717) is 23.0 Å². The predicted molar refractivity (Wildman–Crippen MR) is 182 cm³/mol. The van der Waals surface area contributed by atoms with Gasteiger partial charge >= 0.3 is 12.3 Å². The van der Waals surface area contributed by atoms with Gasteiger partial charge in [-0.25, -0.2) is 9.59 Å². The van der Waals surface area contributed by atoms with Crippen molar-refractivity contribution in [1.29, 1.82) is 0 Å². The molecule has 0 amide bonds. The Kier molecular flexibility index (Phi) is 9.11. The van der Waals surface area contributed by atoms with Crippen LogP contribution >= 0.6 is 0 Å². The van der Waals surface area contributed by atoms with Crippen LogP contribution in [0.2, 0.25) is 0 Å². The molecule has 0 heterocycles. The van der Waals surface area contributed by atoms with Gasteiger partial charge in [0.15, 0.2) is 0 Å². The third-order valence-corrected chi connectivity index (χ3v) is 7.85. The molecule has 0 aliphatic heterocycles. The number of hydrogen-bond acceptors (Lipinski definition) is 6. The maximum absolute atomic E-state index is 12.8. The highest BCUT2D eigenvalue weighted by Crippen LogP contribution is 2.41. The summed E-state index contributed by atoms with van der Waals surface area (Å²) in [6.45, 7) is 4.24. The molecule has 0 spiro atoms. The van der Waals surface area contributed by atoms with Crippen LogP contribution in [0.15, 0.2) is 158 Å². The minimum atomic E-state index is -0.825. The Labute approximate surface area is 273 Å². The van der Waals surface area contributed by atoms with Crippen LogP contribution in [-0.4, -0.2) is 12.3 Å². The number of ether oxygens (including phenoxy) is 4. The zero-order valence-electron chi connectivity index (χ0n) is 26.0. The summed E-state index contributed by atoms with van der Waals surface area (Å²) in [6.07, 6.45) is -1.65. The third kappa shape index (κ3) is 7.40. The van der Waals surface area contributed by atoms with E-state index in [2.05, 4.69) is 13.8 Å². The van der Waals surface area contributed by atoms with Crippen molar-refractivity contribution in [2.24, 2.45) is 0 Å². The highest BCUT2D eigenvalue weighted by Gasteiger charge is 2.27. The van der Waals surface area contributed by atoms with Crippen LogP contribution in [0.4, 0.5) is 9.59 Å². The normalized spacial score (nSPS) is 10.9. The summed E-state index contributed by atoms with van der Waals surface area (Å²) in [5.41, 5.74) is 4.71. The molecule has 0 radical (unpaired) electrons. The maximum atomic E-state index is 12.8. The predicted octanol–water partition coefficient (Wildman–Crippen LogP) is 10.5. The number of hydrogen-bond donors (Lipinski definition) is 0. The Balaban J connectivity index is 1.34. The largest absolute Gasteiger partial charge is 0.519 e. The molecule has 0 atom stereocenters. The second kappa shape index (κ2) is 13.9. The lowest BCUT2D eigenvalue weighted by atomic mass is 9.76. The molecule has 0 fully saturated rings. The fourth-order valence-corrected chi connectivity index (χ4v) is 5.26. The molecule has 6 rings (SSSR count). The molecule has 232 valence electrons. The van der Waals surface area contributed by atoms with Crippen molar-refractivity contribution in [1.82, 2.24) is 0 Å². The zero-order valence-corrected chi connectivity index (χ0v) is 26.0. The molecular weight excluding hydrogens is 588 g/mol. The monoisotopic (exact) mass is 620 g/mol. The van der Waals surface area contributed by atoms with E-state index in [1.807, 2.05) is 97.1 Å². The van der Waals surface area contributed by atoms with Crippen LogP contribution in [-0.2, 0) is 5.41 Å². The highest BCUT2D eigenvalue weighted by molar-refractivity contribution is 5.78. The van der Waals surface area contributed by atoms with Gasteiger partial charge in [0.2, 0.25) is 0 Å². The second-order valence-corrected chi connectivity index (χ2v) is 11.3. The molecule has 6 aromatic rings. The van der Waals surface area contributed by atoms with Crippen LogP contribution in [0.5, 0.6) is 23.0 Å². The van der Waals surface area contributed by atoms with Crippen molar-refractivity contribution >= 4 is 12.3 Å². The Morgan fingerprint density at radius 2 is 0.766 bits per heavy atom. The molecule has 6 heteroatoms. The standard InChI is InChI=1S/C41H32O6/c1-41(2,31-23-25-37(35(27-31)29-15-7-3-8-16-29)46-39(42)44-33-19-11-5-12-20-33)32-24-26-38(36(28-32)30-17-9-4-10-18-30)47-40(43)45-34-21-13-6-14-22-34/h3-28H,1-2H3. The molecule has 0 saturated carbocycles. The summed E-state index contributed by atoms with van der Waals surface area (Å²) >= 11 is 0.